The zero-order valence-electron chi connectivity index (χ0n) is 20.1. The number of carbonyl (C=O) groups is 1. The first kappa shape index (κ1) is 23.8. The van der Waals surface area contributed by atoms with Crippen molar-refractivity contribution >= 4 is 16.9 Å². The van der Waals surface area contributed by atoms with Gasteiger partial charge in [0.15, 0.2) is 5.82 Å². The fourth-order valence-electron chi connectivity index (χ4n) is 3.41. The molecule has 0 bridgehead atoms. The molecule has 0 saturated carbocycles. The van der Waals surface area contributed by atoms with Gasteiger partial charge in [-0.2, -0.15) is 10.1 Å². The zero-order chi connectivity index (χ0) is 24.8. The molecule has 0 radical (unpaired) electrons. The van der Waals surface area contributed by atoms with Gasteiger partial charge in [0.25, 0.3) is 0 Å². The number of aromatic amines is 1. The van der Waals surface area contributed by atoms with Crippen molar-refractivity contribution in [2.75, 3.05) is 7.11 Å². The number of pyridine rings is 1. The van der Waals surface area contributed by atoms with Gasteiger partial charge in [-0.05, 0) is 61.9 Å². The van der Waals surface area contributed by atoms with E-state index in [1.54, 1.807) is 13.3 Å². The molecule has 8 nitrogen and oxygen atoms in total. The maximum atomic E-state index is 12.4. The highest BCUT2D eigenvalue weighted by Crippen LogP contribution is 2.21. The molecule has 35 heavy (non-hydrogen) atoms. The number of nitrogens with one attached hydrogen (secondary N) is 2. The third kappa shape index (κ3) is 6.58. The number of methoxy groups -OCH3 is 1. The van der Waals surface area contributed by atoms with Crippen LogP contribution in [0.15, 0.2) is 60.9 Å². The summed E-state index contributed by atoms with van der Waals surface area (Å²) in [6.45, 7) is 5.45. The average molecular weight is 470 g/mol. The number of fused-ring (bicyclic) bond motifs is 1. The lowest BCUT2D eigenvalue weighted by molar-refractivity contribution is 0.0516. The van der Waals surface area contributed by atoms with Crippen molar-refractivity contribution in [3.05, 3.63) is 72.3 Å². The second-order valence-electron chi connectivity index (χ2n) is 8.97. The summed E-state index contributed by atoms with van der Waals surface area (Å²) in [4.78, 5) is 21.1. The Bertz CT molecular complexity index is 1380. The summed E-state index contributed by atoms with van der Waals surface area (Å²) in [5.41, 5.74) is 1.25. The van der Waals surface area contributed by atoms with Gasteiger partial charge in [-0.3, -0.25) is 10.1 Å². The number of amides is 1. The van der Waals surface area contributed by atoms with Gasteiger partial charge in [0.1, 0.15) is 11.4 Å². The van der Waals surface area contributed by atoms with Crippen LogP contribution in [0, 0.1) is 11.8 Å². The smallest absolute Gasteiger partial charge is 0.408 e. The highest BCUT2D eigenvalue weighted by atomic mass is 16.6. The van der Waals surface area contributed by atoms with Gasteiger partial charge in [0.2, 0.25) is 5.82 Å². The van der Waals surface area contributed by atoms with Crippen molar-refractivity contribution in [1.82, 2.24) is 25.5 Å². The Morgan fingerprint density at radius 3 is 2.66 bits per heavy atom. The van der Waals surface area contributed by atoms with Crippen LogP contribution in [0.1, 0.15) is 32.2 Å². The Labute approximate surface area is 204 Å². The van der Waals surface area contributed by atoms with Crippen molar-refractivity contribution in [3.63, 3.8) is 0 Å². The van der Waals surface area contributed by atoms with Crippen LogP contribution in [0.2, 0.25) is 0 Å². The third-order valence-corrected chi connectivity index (χ3v) is 5.04. The molecule has 2 N–H and O–H groups in total. The molecule has 0 saturated heterocycles. The summed E-state index contributed by atoms with van der Waals surface area (Å²) in [5, 5.41) is 12.1. The standard InChI is InChI=1S/C27H27N5O3/c1-27(2,3)35-26(33)29-22(15-18-5-10-23(34-4)11-6-18)9-12-24-30-25(32-31-24)20-7-8-21-17-28-14-13-19(21)16-20/h5-8,10-11,13-14,16-17,22H,15H2,1-4H3,(H,29,33)(H,30,31,32)/t22-/m1/s1. The summed E-state index contributed by atoms with van der Waals surface area (Å²) in [7, 11) is 1.62. The molecule has 0 aliphatic heterocycles. The molecule has 178 valence electrons. The summed E-state index contributed by atoms with van der Waals surface area (Å²) in [6.07, 6.45) is 3.51. The average Bonchev–Trinajstić information content (AvgIpc) is 3.30. The first-order chi connectivity index (χ1) is 16.8. The van der Waals surface area contributed by atoms with E-state index in [9.17, 15) is 4.79 Å². The number of nitrogens with zero attached hydrogens (tertiary/aromatic N) is 3. The minimum atomic E-state index is -0.613. The molecule has 2 aromatic carbocycles. The summed E-state index contributed by atoms with van der Waals surface area (Å²) in [6, 6.07) is 15.0. The van der Waals surface area contributed by atoms with E-state index in [1.165, 1.54) is 0 Å². The molecular formula is C27H27N5O3. The Morgan fingerprint density at radius 2 is 1.91 bits per heavy atom. The van der Waals surface area contributed by atoms with Gasteiger partial charge in [-0.25, -0.2) is 4.79 Å². The Hall–Kier alpha value is -4.38. The number of hydrogen-bond acceptors (Lipinski definition) is 6. The van der Waals surface area contributed by atoms with Crippen LogP contribution in [0.25, 0.3) is 22.2 Å². The molecule has 2 heterocycles. The van der Waals surface area contributed by atoms with Gasteiger partial charge in [-0.15, -0.1) is 0 Å². The van der Waals surface area contributed by atoms with Crippen molar-refractivity contribution in [2.24, 2.45) is 0 Å². The van der Waals surface area contributed by atoms with Crippen LogP contribution in [-0.4, -0.2) is 45.0 Å². The highest BCUT2D eigenvalue weighted by molar-refractivity contribution is 5.85. The normalized spacial score (nSPS) is 11.9. The van der Waals surface area contributed by atoms with Crippen LogP contribution in [-0.2, 0) is 11.2 Å². The minimum Gasteiger partial charge on any atom is -0.497 e. The second-order valence-corrected chi connectivity index (χ2v) is 8.97. The van der Waals surface area contributed by atoms with Crippen molar-refractivity contribution in [3.8, 4) is 29.0 Å². The van der Waals surface area contributed by atoms with E-state index in [-0.39, 0.29) is 0 Å². The largest absolute Gasteiger partial charge is 0.497 e. The number of alkyl carbamates (subject to hydrolysis) is 1. The summed E-state index contributed by atoms with van der Waals surface area (Å²) in [5.74, 6) is 7.79. The van der Waals surface area contributed by atoms with Gasteiger partial charge in [0, 0.05) is 29.8 Å². The van der Waals surface area contributed by atoms with E-state index in [0.29, 0.717) is 18.1 Å². The predicted molar refractivity (Wildman–Crippen MR) is 134 cm³/mol. The molecule has 0 unspecified atom stereocenters. The number of benzene rings is 2. The maximum absolute atomic E-state index is 12.4. The van der Waals surface area contributed by atoms with Crippen LogP contribution < -0.4 is 10.1 Å². The Kier molecular flexibility index (Phi) is 6.97. The topological polar surface area (TPSA) is 102 Å². The van der Waals surface area contributed by atoms with Gasteiger partial charge in [0.05, 0.1) is 13.2 Å². The van der Waals surface area contributed by atoms with Crippen molar-refractivity contribution in [1.29, 1.82) is 0 Å². The summed E-state index contributed by atoms with van der Waals surface area (Å²) >= 11 is 0. The fraction of sp³-hybridized carbons (Fsp3) is 0.259. The first-order valence-corrected chi connectivity index (χ1v) is 11.2. The second kappa shape index (κ2) is 10.3. The number of carbonyl (C=O) groups excluding carboxylic acids is 1. The van der Waals surface area contributed by atoms with Gasteiger partial charge in [-0.1, -0.05) is 30.2 Å². The van der Waals surface area contributed by atoms with E-state index in [1.807, 2.05) is 75.5 Å². The van der Waals surface area contributed by atoms with E-state index in [2.05, 4.69) is 37.3 Å². The molecule has 2 aromatic heterocycles. The molecule has 0 spiro atoms. The Morgan fingerprint density at radius 1 is 1.11 bits per heavy atom. The van der Waals surface area contributed by atoms with Crippen LogP contribution in [0.5, 0.6) is 5.75 Å². The zero-order valence-corrected chi connectivity index (χ0v) is 20.1. The molecule has 8 heteroatoms. The van der Waals surface area contributed by atoms with E-state index in [0.717, 1.165) is 27.6 Å². The first-order valence-electron chi connectivity index (χ1n) is 11.2. The monoisotopic (exact) mass is 469 g/mol. The molecule has 1 atom stereocenters. The quantitative estimate of drug-likeness (QED) is 0.417. The molecule has 4 rings (SSSR count). The van der Waals surface area contributed by atoms with Crippen LogP contribution in [0.3, 0.4) is 0 Å². The summed E-state index contributed by atoms with van der Waals surface area (Å²) < 4.78 is 10.6. The molecule has 0 aliphatic rings. The van der Waals surface area contributed by atoms with E-state index < -0.39 is 17.7 Å². The molecule has 0 aliphatic carbocycles. The SMILES string of the molecule is COc1ccc(C[C@@H](C#Cc2nc(-c3ccc4cnccc4c3)n[nH]2)NC(=O)OC(C)(C)C)cc1. The van der Waals surface area contributed by atoms with Crippen LogP contribution >= 0.6 is 0 Å². The predicted octanol–water partition coefficient (Wildman–Crippen LogP) is 4.52. The van der Waals surface area contributed by atoms with E-state index >= 15 is 0 Å². The molecule has 0 fully saturated rings. The third-order valence-electron chi connectivity index (χ3n) is 5.04. The van der Waals surface area contributed by atoms with Gasteiger partial charge >= 0.3 is 6.09 Å². The van der Waals surface area contributed by atoms with Crippen molar-refractivity contribution in [2.45, 2.75) is 38.8 Å². The Balaban J connectivity index is 1.54. The van der Waals surface area contributed by atoms with Crippen LogP contribution in [0.4, 0.5) is 4.79 Å². The number of ether oxygens (including phenoxy) is 2. The fourth-order valence-corrected chi connectivity index (χ4v) is 3.41. The molecule has 4 aromatic rings. The van der Waals surface area contributed by atoms with E-state index in [4.69, 9.17) is 9.47 Å². The minimum absolute atomic E-state index is 0.403. The number of hydrogen-bond donors (Lipinski definition) is 2. The number of H-pyrrole nitrogens is 1. The lowest BCUT2D eigenvalue weighted by atomic mass is 10.1. The lowest BCUT2D eigenvalue weighted by Crippen LogP contribution is -2.39. The number of rotatable bonds is 5. The highest BCUT2D eigenvalue weighted by Gasteiger charge is 2.19. The van der Waals surface area contributed by atoms with Gasteiger partial charge < -0.3 is 14.8 Å². The maximum Gasteiger partial charge on any atom is 0.408 e. The van der Waals surface area contributed by atoms with Crippen molar-refractivity contribution < 1.29 is 14.3 Å². The lowest BCUT2D eigenvalue weighted by Gasteiger charge is -2.21. The molecule has 1 amide bonds. The number of aromatic nitrogens is 4. The molecular weight excluding hydrogens is 442 g/mol.